The Labute approximate surface area is 94.0 Å². The van der Waals surface area contributed by atoms with Gasteiger partial charge in [-0.1, -0.05) is 6.58 Å². The monoisotopic (exact) mass is 225 g/mol. The lowest BCUT2D eigenvalue weighted by Gasteiger charge is -2.05. The van der Waals surface area contributed by atoms with Gasteiger partial charge in [-0.3, -0.25) is 4.79 Å². The van der Waals surface area contributed by atoms with Crippen molar-refractivity contribution in [2.75, 3.05) is 6.79 Å². The molecule has 0 aliphatic carbocycles. The number of aromatic nitrogens is 1. The fraction of sp³-hybridized carbons (Fsp3) is 0.364. The van der Waals surface area contributed by atoms with E-state index < -0.39 is 0 Å². The first kappa shape index (κ1) is 12.3. The van der Waals surface area contributed by atoms with Crippen LogP contribution in [0.15, 0.2) is 24.5 Å². The van der Waals surface area contributed by atoms with E-state index in [1.807, 2.05) is 12.1 Å². The van der Waals surface area contributed by atoms with Crippen LogP contribution in [0.2, 0.25) is 0 Å². The molecule has 0 aliphatic rings. The molecular weight excluding hydrogens is 210 g/mol. The second-order valence-corrected chi connectivity index (χ2v) is 3.23. The van der Waals surface area contributed by atoms with E-state index in [1.165, 1.54) is 0 Å². The van der Waals surface area contributed by atoms with Gasteiger partial charge in [0.05, 0.1) is 18.1 Å². The van der Waals surface area contributed by atoms with Gasteiger partial charge in [-0.25, -0.2) is 0 Å². The molecule has 5 heteroatoms. The van der Waals surface area contributed by atoms with Gasteiger partial charge in [-0.2, -0.15) is 0 Å². The Hall–Kier alpha value is -1.75. The number of H-pyrrole nitrogens is 1. The van der Waals surface area contributed by atoms with Crippen LogP contribution in [-0.4, -0.2) is 18.2 Å². The van der Waals surface area contributed by atoms with Crippen LogP contribution >= 0.6 is 0 Å². The van der Waals surface area contributed by atoms with Crippen molar-refractivity contribution in [2.24, 2.45) is 0 Å². The summed E-state index contributed by atoms with van der Waals surface area (Å²) in [4.78, 5) is 13.0. The van der Waals surface area contributed by atoms with Gasteiger partial charge in [-0.05, 0) is 19.1 Å². The minimum absolute atomic E-state index is 0.175. The first-order valence-electron chi connectivity index (χ1n) is 4.80. The van der Waals surface area contributed by atoms with Crippen LogP contribution in [0.4, 0.5) is 0 Å². The molecule has 1 heterocycles. The largest absolute Gasteiger partial charge is 0.473 e. The zero-order valence-corrected chi connectivity index (χ0v) is 9.19. The van der Waals surface area contributed by atoms with Crippen LogP contribution in [-0.2, 0) is 32.2 Å². The summed E-state index contributed by atoms with van der Waals surface area (Å²) >= 11 is 0. The van der Waals surface area contributed by atoms with E-state index in [-0.39, 0.29) is 13.4 Å². The molecule has 1 aromatic heterocycles. The molecule has 0 radical (unpaired) electrons. The number of allylic oxidation sites excluding steroid dienone is 1. The van der Waals surface area contributed by atoms with Gasteiger partial charge in [0.25, 0.3) is 6.47 Å². The van der Waals surface area contributed by atoms with Gasteiger partial charge < -0.3 is 19.2 Å². The maximum atomic E-state index is 9.97. The highest BCUT2D eigenvalue weighted by Gasteiger charge is 1.99. The Bertz CT molecular complexity index is 346. The van der Waals surface area contributed by atoms with E-state index in [0.717, 1.165) is 11.4 Å². The topological polar surface area (TPSA) is 60.6 Å². The van der Waals surface area contributed by atoms with E-state index in [1.54, 1.807) is 6.92 Å². The number of hydrogen-bond acceptors (Lipinski definition) is 4. The fourth-order valence-corrected chi connectivity index (χ4v) is 1.08. The molecule has 0 saturated carbocycles. The Kier molecular flexibility index (Phi) is 5.15. The van der Waals surface area contributed by atoms with Crippen molar-refractivity contribution in [3.05, 3.63) is 35.9 Å². The maximum absolute atomic E-state index is 9.97. The van der Waals surface area contributed by atoms with Crippen molar-refractivity contribution in [1.29, 1.82) is 0 Å². The average molecular weight is 225 g/mol. The third kappa shape index (κ3) is 4.65. The summed E-state index contributed by atoms with van der Waals surface area (Å²) in [6, 6.07) is 3.70. The highest BCUT2D eigenvalue weighted by atomic mass is 16.7. The van der Waals surface area contributed by atoms with E-state index in [0.29, 0.717) is 18.8 Å². The molecule has 88 valence electrons. The van der Waals surface area contributed by atoms with Gasteiger partial charge in [0.15, 0.2) is 6.79 Å². The second kappa shape index (κ2) is 6.68. The first-order valence-corrected chi connectivity index (χ1v) is 4.80. The molecule has 1 N–H and O–H groups in total. The SMILES string of the molecule is C=C(C)OCOCc1ccc(COC=O)[nH]1. The molecule has 1 aromatic rings. The summed E-state index contributed by atoms with van der Waals surface area (Å²) in [6.07, 6.45) is 0. The minimum atomic E-state index is 0.175. The van der Waals surface area contributed by atoms with Crippen molar-refractivity contribution >= 4 is 6.47 Å². The lowest BCUT2D eigenvalue weighted by molar-refractivity contribution is -0.129. The number of nitrogens with one attached hydrogen (secondary N) is 1. The van der Waals surface area contributed by atoms with Crippen LogP contribution in [0.25, 0.3) is 0 Å². The van der Waals surface area contributed by atoms with Crippen LogP contribution < -0.4 is 0 Å². The third-order valence-electron chi connectivity index (χ3n) is 1.76. The standard InChI is InChI=1S/C11H15NO4/c1-9(2)16-8-15-6-11-4-3-10(12-11)5-14-7-13/h3-4,7,12H,1,5-6,8H2,2H3. The molecule has 0 atom stereocenters. The molecule has 16 heavy (non-hydrogen) atoms. The highest BCUT2D eigenvalue weighted by Crippen LogP contribution is 2.04. The van der Waals surface area contributed by atoms with E-state index in [4.69, 9.17) is 9.47 Å². The van der Waals surface area contributed by atoms with Gasteiger partial charge >= 0.3 is 0 Å². The highest BCUT2D eigenvalue weighted by molar-refractivity contribution is 5.37. The summed E-state index contributed by atoms with van der Waals surface area (Å²) in [7, 11) is 0. The average Bonchev–Trinajstić information content (AvgIpc) is 2.69. The van der Waals surface area contributed by atoms with Crippen molar-refractivity contribution in [2.45, 2.75) is 20.1 Å². The van der Waals surface area contributed by atoms with E-state index in [2.05, 4.69) is 16.3 Å². The van der Waals surface area contributed by atoms with Gasteiger partial charge in [0.1, 0.15) is 6.61 Å². The summed E-state index contributed by atoms with van der Waals surface area (Å²) in [6.45, 7) is 6.58. The van der Waals surface area contributed by atoms with Crippen LogP contribution in [0.3, 0.4) is 0 Å². The molecule has 5 nitrogen and oxygen atoms in total. The summed E-state index contributed by atoms with van der Waals surface area (Å²) in [5.74, 6) is 0.617. The van der Waals surface area contributed by atoms with Crippen molar-refractivity contribution in [3.63, 3.8) is 0 Å². The second-order valence-electron chi connectivity index (χ2n) is 3.23. The summed E-state index contributed by atoms with van der Waals surface area (Å²) in [5, 5.41) is 0. The Morgan fingerprint density at radius 1 is 1.44 bits per heavy atom. The zero-order valence-electron chi connectivity index (χ0n) is 9.19. The number of rotatable bonds is 8. The smallest absolute Gasteiger partial charge is 0.293 e. The number of aromatic amines is 1. The predicted octanol–water partition coefficient (Wildman–Crippen LogP) is 1.71. The molecule has 1 rings (SSSR count). The molecule has 0 spiro atoms. The zero-order chi connectivity index (χ0) is 11.8. The predicted molar refractivity (Wildman–Crippen MR) is 57.2 cm³/mol. The van der Waals surface area contributed by atoms with E-state index >= 15 is 0 Å². The Balaban J connectivity index is 2.23. The lowest BCUT2D eigenvalue weighted by atomic mass is 10.4. The van der Waals surface area contributed by atoms with Gasteiger partial charge in [0, 0.05) is 5.69 Å². The number of carbonyl (C=O) groups excluding carboxylic acids is 1. The third-order valence-corrected chi connectivity index (χ3v) is 1.76. The molecule has 0 fully saturated rings. The molecule has 0 amide bonds. The molecule has 0 bridgehead atoms. The van der Waals surface area contributed by atoms with Crippen molar-refractivity contribution in [3.8, 4) is 0 Å². The Morgan fingerprint density at radius 2 is 2.12 bits per heavy atom. The quantitative estimate of drug-likeness (QED) is 0.316. The van der Waals surface area contributed by atoms with Crippen molar-refractivity contribution in [1.82, 2.24) is 4.98 Å². The number of carbonyl (C=O) groups is 1. The molecule has 0 aromatic carbocycles. The van der Waals surface area contributed by atoms with Gasteiger partial charge in [0.2, 0.25) is 0 Å². The van der Waals surface area contributed by atoms with Crippen LogP contribution in [0.1, 0.15) is 18.3 Å². The minimum Gasteiger partial charge on any atom is -0.473 e. The molecular formula is C11H15NO4. The fourth-order valence-electron chi connectivity index (χ4n) is 1.08. The number of ether oxygens (including phenoxy) is 3. The normalized spacial score (nSPS) is 9.81. The number of hydrogen-bond donors (Lipinski definition) is 1. The van der Waals surface area contributed by atoms with Gasteiger partial charge in [-0.15, -0.1) is 0 Å². The molecule has 0 unspecified atom stereocenters. The van der Waals surface area contributed by atoms with Crippen LogP contribution in [0, 0.1) is 0 Å². The van der Waals surface area contributed by atoms with Crippen LogP contribution in [0.5, 0.6) is 0 Å². The first-order chi connectivity index (χ1) is 7.72. The van der Waals surface area contributed by atoms with E-state index in [9.17, 15) is 4.79 Å². The maximum Gasteiger partial charge on any atom is 0.293 e. The summed E-state index contributed by atoms with van der Waals surface area (Å²) < 4.78 is 14.9. The summed E-state index contributed by atoms with van der Waals surface area (Å²) in [5.41, 5.74) is 1.72. The van der Waals surface area contributed by atoms with Crippen molar-refractivity contribution < 1.29 is 19.0 Å². The molecule has 0 saturated heterocycles. The lowest BCUT2D eigenvalue weighted by Crippen LogP contribution is -1.99. The Morgan fingerprint density at radius 3 is 2.75 bits per heavy atom. The molecule has 0 aliphatic heterocycles.